The summed E-state index contributed by atoms with van der Waals surface area (Å²) in [5, 5.41) is 10.3. The molecule has 1 aliphatic carbocycles. The number of anilines is 1. The number of amides is 1. The van der Waals surface area contributed by atoms with Gasteiger partial charge >= 0.3 is 0 Å². The van der Waals surface area contributed by atoms with Crippen molar-refractivity contribution in [2.75, 3.05) is 18.4 Å². The molecule has 0 bridgehead atoms. The van der Waals surface area contributed by atoms with Gasteiger partial charge in [-0.15, -0.1) is 0 Å². The monoisotopic (exact) mass is 300 g/mol. The highest BCUT2D eigenvalue weighted by Gasteiger charge is 2.24. The quantitative estimate of drug-likeness (QED) is 0.786. The van der Waals surface area contributed by atoms with Crippen LogP contribution in [0.25, 0.3) is 5.82 Å². The minimum Gasteiger partial charge on any atom is -0.368 e. The van der Waals surface area contributed by atoms with E-state index in [0.717, 1.165) is 24.5 Å². The van der Waals surface area contributed by atoms with E-state index in [1.54, 1.807) is 10.9 Å². The molecule has 0 aromatic carbocycles. The molecular weight excluding hydrogens is 280 g/mol. The molecule has 2 heterocycles. The fourth-order valence-corrected chi connectivity index (χ4v) is 2.36. The summed E-state index contributed by atoms with van der Waals surface area (Å²) in [6, 6.07) is 3.69. The Morgan fingerprint density at radius 2 is 2.23 bits per heavy atom. The summed E-state index contributed by atoms with van der Waals surface area (Å²) in [5.41, 5.74) is 0. The molecule has 0 unspecified atom stereocenters. The number of nitrogens with zero attached hydrogens (tertiary/aromatic N) is 4. The third-order valence-electron chi connectivity index (χ3n) is 3.77. The van der Waals surface area contributed by atoms with Crippen LogP contribution in [0.2, 0.25) is 0 Å². The zero-order valence-corrected chi connectivity index (χ0v) is 12.6. The van der Waals surface area contributed by atoms with E-state index in [-0.39, 0.29) is 11.8 Å². The third-order valence-corrected chi connectivity index (χ3v) is 3.77. The standard InChI is InChI=1S/C15H20N6O/c1-11-19-13(10-14(20-11)21-9-3-6-18-21)16-7-8-17-15(22)12-4-2-5-12/h3,6,9-10,12H,2,4-5,7-8H2,1H3,(H,17,22)(H,16,19,20). The van der Waals surface area contributed by atoms with Gasteiger partial charge in [-0.1, -0.05) is 6.42 Å². The lowest BCUT2D eigenvalue weighted by atomic mass is 9.85. The van der Waals surface area contributed by atoms with Gasteiger partial charge in [0, 0.05) is 37.5 Å². The van der Waals surface area contributed by atoms with E-state index >= 15 is 0 Å². The Bertz CT molecular complexity index is 635. The van der Waals surface area contributed by atoms with Gasteiger partial charge in [-0.3, -0.25) is 4.79 Å². The van der Waals surface area contributed by atoms with Crippen molar-refractivity contribution in [2.45, 2.75) is 26.2 Å². The normalized spacial score (nSPS) is 14.4. The zero-order valence-electron chi connectivity index (χ0n) is 12.6. The van der Waals surface area contributed by atoms with Gasteiger partial charge in [-0.25, -0.2) is 14.6 Å². The molecule has 1 amide bonds. The smallest absolute Gasteiger partial charge is 0.223 e. The first kappa shape index (κ1) is 14.5. The van der Waals surface area contributed by atoms with Crippen LogP contribution < -0.4 is 10.6 Å². The first-order valence-corrected chi connectivity index (χ1v) is 7.59. The summed E-state index contributed by atoms with van der Waals surface area (Å²) >= 11 is 0. The lowest BCUT2D eigenvalue weighted by molar-refractivity contribution is -0.127. The molecule has 0 spiro atoms. The summed E-state index contributed by atoms with van der Waals surface area (Å²) in [5.74, 6) is 2.53. The summed E-state index contributed by atoms with van der Waals surface area (Å²) in [7, 11) is 0. The van der Waals surface area contributed by atoms with Crippen LogP contribution in [0.5, 0.6) is 0 Å². The molecule has 1 saturated carbocycles. The van der Waals surface area contributed by atoms with Crippen LogP contribution in [-0.4, -0.2) is 38.7 Å². The molecule has 2 N–H and O–H groups in total. The van der Waals surface area contributed by atoms with Crippen molar-refractivity contribution in [1.82, 2.24) is 25.1 Å². The maximum absolute atomic E-state index is 11.7. The van der Waals surface area contributed by atoms with Gasteiger partial charge in [0.05, 0.1) is 0 Å². The van der Waals surface area contributed by atoms with Crippen LogP contribution in [-0.2, 0) is 4.79 Å². The average Bonchev–Trinajstić information content (AvgIpc) is 2.95. The number of carbonyl (C=O) groups is 1. The predicted molar refractivity (Wildman–Crippen MR) is 82.7 cm³/mol. The number of aryl methyl sites for hydroxylation is 1. The molecule has 7 nitrogen and oxygen atoms in total. The van der Waals surface area contributed by atoms with Crippen molar-refractivity contribution in [3.8, 4) is 5.82 Å². The van der Waals surface area contributed by atoms with E-state index in [4.69, 9.17) is 0 Å². The highest BCUT2D eigenvalue weighted by atomic mass is 16.1. The van der Waals surface area contributed by atoms with Crippen molar-refractivity contribution >= 4 is 11.7 Å². The average molecular weight is 300 g/mol. The van der Waals surface area contributed by atoms with E-state index < -0.39 is 0 Å². The molecule has 0 saturated heterocycles. The fraction of sp³-hybridized carbons (Fsp3) is 0.467. The van der Waals surface area contributed by atoms with Crippen molar-refractivity contribution in [3.05, 3.63) is 30.4 Å². The molecule has 0 aliphatic heterocycles. The second-order valence-corrected chi connectivity index (χ2v) is 5.45. The number of nitrogens with one attached hydrogen (secondary N) is 2. The summed E-state index contributed by atoms with van der Waals surface area (Å²) in [4.78, 5) is 20.4. The van der Waals surface area contributed by atoms with Gasteiger partial charge in [0.25, 0.3) is 0 Å². The SMILES string of the molecule is Cc1nc(NCCNC(=O)C2CCC2)cc(-n2cccn2)n1. The number of hydrogen-bond acceptors (Lipinski definition) is 5. The van der Waals surface area contributed by atoms with Crippen molar-refractivity contribution in [3.63, 3.8) is 0 Å². The Morgan fingerprint density at radius 1 is 1.36 bits per heavy atom. The first-order chi connectivity index (χ1) is 10.7. The van der Waals surface area contributed by atoms with Crippen molar-refractivity contribution in [1.29, 1.82) is 0 Å². The fourth-order valence-electron chi connectivity index (χ4n) is 2.36. The first-order valence-electron chi connectivity index (χ1n) is 7.59. The number of rotatable bonds is 6. The van der Waals surface area contributed by atoms with E-state index in [1.807, 2.05) is 25.3 Å². The Kier molecular flexibility index (Phi) is 4.32. The van der Waals surface area contributed by atoms with Gasteiger partial charge in [0.2, 0.25) is 5.91 Å². The second-order valence-electron chi connectivity index (χ2n) is 5.45. The molecule has 7 heteroatoms. The minimum atomic E-state index is 0.171. The maximum Gasteiger partial charge on any atom is 0.223 e. The highest BCUT2D eigenvalue weighted by molar-refractivity contribution is 5.79. The Morgan fingerprint density at radius 3 is 2.91 bits per heavy atom. The third kappa shape index (κ3) is 3.41. The van der Waals surface area contributed by atoms with Crippen LogP contribution >= 0.6 is 0 Å². The number of carbonyl (C=O) groups excluding carboxylic acids is 1. The Labute approximate surface area is 129 Å². The van der Waals surface area contributed by atoms with Gasteiger partial charge in [0.1, 0.15) is 11.6 Å². The lowest BCUT2D eigenvalue weighted by Crippen LogP contribution is -2.36. The molecule has 2 aromatic rings. The molecule has 116 valence electrons. The second kappa shape index (κ2) is 6.55. The summed E-state index contributed by atoms with van der Waals surface area (Å²) < 4.78 is 1.69. The van der Waals surface area contributed by atoms with E-state index in [9.17, 15) is 4.79 Å². The van der Waals surface area contributed by atoms with Crippen LogP contribution in [0.3, 0.4) is 0 Å². The van der Waals surface area contributed by atoms with E-state index in [0.29, 0.717) is 18.9 Å². The number of hydrogen-bond donors (Lipinski definition) is 2. The largest absolute Gasteiger partial charge is 0.368 e. The molecule has 1 fully saturated rings. The molecular formula is C15H20N6O. The van der Waals surface area contributed by atoms with Crippen LogP contribution in [0, 0.1) is 12.8 Å². The lowest BCUT2D eigenvalue weighted by Gasteiger charge is -2.24. The molecule has 22 heavy (non-hydrogen) atoms. The Balaban J connectivity index is 1.52. The topological polar surface area (TPSA) is 84.7 Å². The molecule has 2 aromatic heterocycles. The predicted octanol–water partition coefficient (Wildman–Crippen LogP) is 1.30. The van der Waals surface area contributed by atoms with Crippen molar-refractivity contribution in [2.24, 2.45) is 5.92 Å². The summed E-state index contributed by atoms with van der Waals surface area (Å²) in [6.07, 6.45) is 6.77. The van der Waals surface area contributed by atoms with Gasteiger partial charge < -0.3 is 10.6 Å². The molecule has 1 aliphatic rings. The van der Waals surface area contributed by atoms with Crippen molar-refractivity contribution < 1.29 is 4.79 Å². The molecule has 3 rings (SSSR count). The van der Waals surface area contributed by atoms with Gasteiger partial charge in [0.15, 0.2) is 5.82 Å². The van der Waals surface area contributed by atoms with E-state index in [1.165, 1.54) is 6.42 Å². The highest BCUT2D eigenvalue weighted by Crippen LogP contribution is 2.25. The molecule has 0 radical (unpaired) electrons. The van der Waals surface area contributed by atoms with Crippen LogP contribution in [0.1, 0.15) is 25.1 Å². The Hall–Kier alpha value is -2.44. The van der Waals surface area contributed by atoms with Crippen LogP contribution in [0.15, 0.2) is 24.5 Å². The minimum absolute atomic E-state index is 0.171. The maximum atomic E-state index is 11.7. The van der Waals surface area contributed by atoms with E-state index in [2.05, 4.69) is 25.7 Å². The summed E-state index contributed by atoms with van der Waals surface area (Å²) in [6.45, 7) is 3.07. The van der Waals surface area contributed by atoms with Gasteiger partial charge in [-0.2, -0.15) is 5.10 Å². The number of aromatic nitrogens is 4. The zero-order chi connectivity index (χ0) is 15.4. The molecule has 0 atom stereocenters. The van der Waals surface area contributed by atoms with Crippen LogP contribution in [0.4, 0.5) is 5.82 Å². The van der Waals surface area contributed by atoms with Gasteiger partial charge in [-0.05, 0) is 25.8 Å².